The molecule has 2 nitrogen and oxygen atoms in total. The first-order chi connectivity index (χ1) is 9.22. The smallest absolute Gasteiger partial charge is 0.129 e. The standard InChI is InChI=1S/C14H8Cl2N2S/c15-11-3-1-9(2-4-11)12-8-19-14(18-12)10-5-6-17-13(16)7-10/h1-8H. The highest BCUT2D eigenvalue weighted by molar-refractivity contribution is 7.13. The number of hydrogen-bond donors (Lipinski definition) is 0. The van der Waals surface area contributed by atoms with E-state index < -0.39 is 0 Å². The van der Waals surface area contributed by atoms with Gasteiger partial charge in [-0.1, -0.05) is 35.3 Å². The van der Waals surface area contributed by atoms with Crippen molar-refractivity contribution < 1.29 is 0 Å². The van der Waals surface area contributed by atoms with E-state index in [1.165, 1.54) is 0 Å². The molecule has 0 N–H and O–H groups in total. The number of halogens is 2. The van der Waals surface area contributed by atoms with Crippen LogP contribution >= 0.6 is 34.5 Å². The van der Waals surface area contributed by atoms with Gasteiger partial charge in [-0.2, -0.15) is 0 Å². The lowest BCUT2D eigenvalue weighted by Gasteiger charge is -1.97. The second kappa shape index (κ2) is 5.29. The van der Waals surface area contributed by atoms with Crippen molar-refractivity contribution in [3.63, 3.8) is 0 Å². The van der Waals surface area contributed by atoms with E-state index in [9.17, 15) is 0 Å². The number of thiazole rings is 1. The van der Waals surface area contributed by atoms with E-state index in [1.54, 1.807) is 17.5 Å². The Balaban J connectivity index is 1.97. The molecule has 0 radical (unpaired) electrons. The van der Waals surface area contributed by atoms with Crippen molar-refractivity contribution in [2.75, 3.05) is 0 Å². The van der Waals surface area contributed by atoms with Gasteiger partial charge < -0.3 is 0 Å². The molecular weight excluding hydrogens is 299 g/mol. The molecule has 3 rings (SSSR count). The van der Waals surface area contributed by atoms with Gasteiger partial charge >= 0.3 is 0 Å². The van der Waals surface area contributed by atoms with Gasteiger partial charge in [0.1, 0.15) is 10.2 Å². The van der Waals surface area contributed by atoms with E-state index in [0.29, 0.717) is 5.15 Å². The topological polar surface area (TPSA) is 25.8 Å². The van der Waals surface area contributed by atoms with Crippen molar-refractivity contribution in [1.82, 2.24) is 9.97 Å². The first-order valence-electron chi connectivity index (χ1n) is 5.56. The van der Waals surface area contributed by atoms with E-state index >= 15 is 0 Å². The normalized spacial score (nSPS) is 10.6. The van der Waals surface area contributed by atoms with Crippen LogP contribution in [-0.4, -0.2) is 9.97 Å². The van der Waals surface area contributed by atoms with Crippen molar-refractivity contribution in [1.29, 1.82) is 0 Å². The summed E-state index contributed by atoms with van der Waals surface area (Å²) >= 11 is 13.3. The zero-order chi connectivity index (χ0) is 13.2. The zero-order valence-electron chi connectivity index (χ0n) is 9.68. The molecule has 94 valence electrons. The molecule has 2 heterocycles. The molecule has 19 heavy (non-hydrogen) atoms. The summed E-state index contributed by atoms with van der Waals surface area (Å²) in [5, 5.41) is 4.14. The lowest BCUT2D eigenvalue weighted by molar-refractivity contribution is 1.32. The maximum Gasteiger partial charge on any atom is 0.129 e. The molecule has 0 atom stereocenters. The minimum atomic E-state index is 0.473. The van der Waals surface area contributed by atoms with Crippen molar-refractivity contribution in [3.05, 3.63) is 58.2 Å². The summed E-state index contributed by atoms with van der Waals surface area (Å²) in [5.74, 6) is 0. The molecule has 0 saturated carbocycles. The van der Waals surface area contributed by atoms with Crippen LogP contribution < -0.4 is 0 Å². The third-order valence-electron chi connectivity index (χ3n) is 2.62. The maximum absolute atomic E-state index is 5.89. The monoisotopic (exact) mass is 306 g/mol. The largest absolute Gasteiger partial charge is 0.245 e. The molecule has 0 aliphatic rings. The highest BCUT2D eigenvalue weighted by Crippen LogP contribution is 2.29. The number of hydrogen-bond acceptors (Lipinski definition) is 3. The lowest BCUT2D eigenvalue weighted by atomic mass is 10.2. The molecular formula is C14H8Cl2N2S. The fraction of sp³-hybridized carbons (Fsp3) is 0. The Bertz CT molecular complexity index is 707. The Morgan fingerprint density at radius 2 is 1.74 bits per heavy atom. The minimum absolute atomic E-state index is 0.473. The second-order valence-corrected chi connectivity index (χ2v) is 5.59. The number of nitrogens with zero attached hydrogens (tertiary/aromatic N) is 2. The number of rotatable bonds is 2. The van der Waals surface area contributed by atoms with Gasteiger partial charge in [0, 0.05) is 27.7 Å². The third-order valence-corrected chi connectivity index (χ3v) is 3.97. The molecule has 2 aromatic heterocycles. The molecule has 0 aliphatic carbocycles. The van der Waals surface area contributed by atoms with Crippen LogP contribution in [0.1, 0.15) is 0 Å². The van der Waals surface area contributed by atoms with Gasteiger partial charge in [0.05, 0.1) is 5.69 Å². The van der Waals surface area contributed by atoms with Gasteiger partial charge in [-0.15, -0.1) is 11.3 Å². The van der Waals surface area contributed by atoms with Gasteiger partial charge in [0.2, 0.25) is 0 Å². The van der Waals surface area contributed by atoms with E-state index in [1.807, 2.05) is 41.8 Å². The van der Waals surface area contributed by atoms with Crippen LogP contribution in [0.15, 0.2) is 48.0 Å². The maximum atomic E-state index is 5.89. The fourth-order valence-corrected chi connectivity index (χ4v) is 2.82. The molecule has 0 amide bonds. The first-order valence-corrected chi connectivity index (χ1v) is 7.19. The van der Waals surface area contributed by atoms with Crippen LogP contribution in [0, 0.1) is 0 Å². The first kappa shape index (κ1) is 12.6. The minimum Gasteiger partial charge on any atom is -0.245 e. The molecule has 0 bridgehead atoms. The van der Waals surface area contributed by atoms with E-state index in [2.05, 4.69) is 9.97 Å². The molecule has 0 aliphatic heterocycles. The summed E-state index contributed by atoms with van der Waals surface area (Å²) in [6.45, 7) is 0. The fourth-order valence-electron chi connectivity index (χ4n) is 1.70. The molecule has 0 spiro atoms. The molecule has 3 aromatic rings. The number of aromatic nitrogens is 2. The average molecular weight is 307 g/mol. The van der Waals surface area contributed by atoms with Crippen molar-refractivity contribution in [2.45, 2.75) is 0 Å². The van der Waals surface area contributed by atoms with Gasteiger partial charge in [-0.3, -0.25) is 0 Å². The van der Waals surface area contributed by atoms with Crippen LogP contribution in [0.4, 0.5) is 0 Å². The van der Waals surface area contributed by atoms with Gasteiger partial charge in [-0.25, -0.2) is 9.97 Å². The van der Waals surface area contributed by atoms with Crippen molar-refractivity contribution in [3.8, 4) is 21.8 Å². The summed E-state index contributed by atoms with van der Waals surface area (Å²) < 4.78 is 0. The van der Waals surface area contributed by atoms with Crippen molar-refractivity contribution >= 4 is 34.5 Å². The van der Waals surface area contributed by atoms with Crippen LogP contribution in [0.25, 0.3) is 21.8 Å². The third kappa shape index (κ3) is 2.78. The Morgan fingerprint density at radius 3 is 2.47 bits per heavy atom. The molecule has 1 aromatic carbocycles. The Labute approximate surface area is 124 Å². The Kier molecular flexibility index (Phi) is 3.51. The highest BCUT2D eigenvalue weighted by atomic mass is 35.5. The van der Waals surface area contributed by atoms with Gasteiger partial charge in [0.25, 0.3) is 0 Å². The summed E-state index contributed by atoms with van der Waals surface area (Å²) in [7, 11) is 0. The van der Waals surface area contributed by atoms with E-state index in [-0.39, 0.29) is 0 Å². The Morgan fingerprint density at radius 1 is 0.947 bits per heavy atom. The van der Waals surface area contributed by atoms with E-state index in [4.69, 9.17) is 23.2 Å². The van der Waals surface area contributed by atoms with Crippen LogP contribution in [-0.2, 0) is 0 Å². The summed E-state index contributed by atoms with van der Waals surface area (Å²) in [6.07, 6.45) is 1.68. The highest BCUT2D eigenvalue weighted by Gasteiger charge is 2.07. The summed E-state index contributed by atoms with van der Waals surface area (Å²) in [4.78, 5) is 8.58. The zero-order valence-corrected chi connectivity index (χ0v) is 12.0. The predicted octanol–water partition coefficient (Wildman–Crippen LogP) is 5.18. The summed E-state index contributed by atoms with van der Waals surface area (Å²) in [6, 6.07) is 11.3. The van der Waals surface area contributed by atoms with Gasteiger partial charge in [-0.05, 0) is 24.3 Å². The molecule has 0 saturated heterocycles. The van der Waals surface area contributed by atoms with Crippen LogP contribution in [0.3, 0.4) is 0 Å². The quantitative estimate of drug-likeness (QED) is 0.610. The predicted molar refractivity (Wildman–Crippen MR) is 80.8 cm³/mol. The second-order valence-electron chi connectivity index (χ2n) is 3.91. The van der Waals surface area contributed by atoms with Crippen molar-refractivity contribution in [2.24, 2.45) is 0 Å². The molecule has 5 heteroatoms. The van der Waals surface area contributed by atoms with E-state index in [0.717, 1.165) is 26.9 Å². The van der Waals surface area contributed by atoms with Gasteiger partial charge in [0.15, 0.2) is 0 Å². The SMILES string of the molecule is Clc1ccc(-c2csc(-c3ccnc(Cl)c3)n2)cc1. The van der Waals surface area contributed by atoms with Crippen LogP contribution in [0.2, 0.25) is 10.2 Å². The average Bonchev–Trinajstić information content (AvgIpc) is 2.89. The van der Waals surface area contributed by atoms with Crippen LogP contribution in [0.5, 0.6) is 0 Å². The Hall–Kier alpha value is -1.42. The number of pyridine rings is 1. The molecule has 0 unspecified atom stereocenters. The summed E-state index contributed by atoms with van der Waals surface area (Å²) in [5.41, 5.74) is 2.96. The lowest BCUT2D eigenvalue weighted by Crippen LogP contribution is -1.81. The number of benzene rings is 1. The molecule has 0 fully saturated rings.